The molecule has 1 aliphatic rings. The Bertz CT molecular complexity index is 538. The summed E-state index contributed by atoms with van der Waals surface area (Å²) in [5, 5.41) is 18.6. The Morgan fingerprint density at radius 1 is 1.10 bits per heavy atom. The van der Waals surface area contributed by atoms with E-state index in [-0.39, 0.29) is 11.5 Å². The van der Waals surface area contributed by atoms with Crippen LogP contribution in [0.25, 0.3) is 6.08 Å². The second-order valence-corrected chi connectivity index (χ2v) is 5.87. The number of phenols is 2. The third kappa shape index (κ3) is 2.67. The molecule has 20 heavy (non-hydrogen) atoms. The summed E-state index contributed by atoms with van der Waals surface area (Å²) in [6.45, 7) is 7.36. The van der Waals surface area contributed by atoms with Crippen molar-refractivity contribution in [3.63, 3.8) is 0 Å². The largest absolute Gasteiger partial charge is 0.525 e. The van der Waals surface area contributed by atoms with Crippen LogP contribution in [0.1, 0.15) is 33.3 Å². The van der Waals surface area contributed by atoms with Gasteiger partial charge in [0.15, 0.2) is 11.5 Å². The molecule has 6 heteroatoms. The van der Waals surface area contributed by atoms with Crippen molar-refractivity contribution in [3.8, 4) is 11.5 Å². The van der Waals surface area contributed by atoms with Crippen LogP contribution in [0.4, 0.5) is 4.39 Å². The van der Waals surface area contributed by atoms with E-state index >= 15 is 0 Å². The predicted octanol–water partition coefficient (Wildman–Crippen LogP) is 3.04. The Kier molecular flexibility index (Phi) is 3.56. The summed E-state index contributed by atoms with van der Waals surface area (Å²) in [4.78, 5) is 0. The number of phenolic OH excluding ortho intramolecular Hbond substituents is 2. The van der Waals surface area contributed by atoms with Crippen LogP contribution in [0.5, 0.6) is 11.5 Å². The van der Waals surface area contributed by atoms with Gasteiger partial charge in [0, 0.05) is 0 Å². The SMILES string of the molecule is CC1(C)OB(C(F)=Cc2ccc(O)c(O)c2)OC1(C)C. The molecule has 0 amide bonds. The average Bonchev–Trinajstić information content (AvgIpc) is 2.53. The van der Waals surface area contributed by atoms with Gasteiger partial charge >= 0.3 is 7.12 Å². The summed E-state index contributed by atoms with van der Waals surface area (Å²) in [5.41, 5.74) is -1.40. The Hall–Kier alpha value is -1.53. The topological polar surface area (TPSA) is 58.9 Å². The molecule has 1 saturated heterocycles. The lowest BCUT2D eigenvalue weighted by Gasteiger charge is -2.32. The predicted molar refractivity (Wildman–Crippen MR) is 74.9 cm³/mol. The quantitative estimate of drug-likeness (QED) is 0.645. The summed E-state index contributed by atoms with van der Waals surface area (Å²) in [5.74, 6) is -0.557. The first-order valence-corrected chi connectivity index (χ1v) is 6.37. The monoisotopic (exact) mass is 280 g/mol. The molecule has 0 saturated carbocycles. The summed E-state index contributed by atoms with van der Waals surface area (Å²) in [6.07, 6.45) is 1.21. The molecule has 0 bridgehead atoms. The van der Waals surface area contributed by atoms with Gasteiger partial charge in [-0.1, -0.05) is 6.07 Å². The van der Waals surface area contributed by atoms with E-state index in [1.807, 2.05) is 27.7 Å². The van der Waals surface area contributed by atoms with Crippen molar-refractivity contribution in [2.75, 3.05) is 0 Å². The van der Waals surface area contributed by atoms with E-state index in [2.05, 4.69) is 0 Å². The molecule has 1 aromatic rings. The van der Waals surface area contributed by atoms with Gasteiger partial charge in [-0.15, -0.1) is 0 Å². The summed E-state index contributed by atoms with van der Waals surface area (Å²) in [6, 6.07) is 4.04. The van der Waals surface area contributed by atoms with Gasteiger partial charge in [0.25, 0.3) is 0 Å². The highest BCUT2D eigenvalue weighted by molar-refractivity contribution is 6.54. The zero-order valence-corrected chi connectivity index (χ0v) is 12.0. The molecule has 1 heterocycles. The standard InChI is InChI=1S/C14H18BFO4/c1-13(2)14(3,4)20-15(19-13)12(16)8-9-5-6-10(17)11(18)7-9/h5-8,17-18H,1-4H3. The molecule has 1 fully saturated rings. The van der Waals surface area contributed by atoms with Gasteiger partial charge in [-0.05, 0) is 51.5 Å². The first kappa shape index (κ1) is 14.9. The van der Waals surface area contributed by atoms with Gasteiger partial charge in [0.05, 0.1) is 11.2 Å². The summed E-state index contributed by atoms with van der Waals surface area (Å²) in [7, 11) is -1.07. The number of halogens is 1. The van der Waals surface area contributed by atoms with Crippen LogP contribution < -0.4 is 0 Å². The van der Waals surface area contributed by atoms with E-state index in [1.54, 1.807) is 0 Å². The Balaban J connectivity index is 2.22. The maximum atomic E-state index is 14.2. The van der Waals surface area contributed by atoms with Crippen LogP contribution >= 0.6 is 0 Å². The number of hydrogen-bond acceptors (Lipinski definition) is 4. The van der Waals surface area contributed by atoms with Crippen molar-refractivity contribution in [1.29, 1.82) is 0 Å². The minimum absolute atomic E-state index is 0.252. The molecule has 0 spiro atoms. The zero-order chi connectivity index (χ0) is 15.1. The minimum atomic E-state index is -1.07. The molecule has 1 aromatic carbocycles. The van der Waals surface area contributed by atoms with Gasteiger partial charge in [-0.2, -0.15) is 0 Å². The van der Waals surface area contributed by atoms with Crippen LogP contribution in [-0.4, -0.2) is 28.5 Å². The van der Waals surface area contributed by atoms with E-state index in [1.165, 1.54) is 24.3 Å². The zero-order valence-electron chi connectivity index (χ0n) is 12.0. The molecule has 4 nitrogen and oxygen atoms in total. The van der Waals surface area contributed by atoms with Crippen molar-refractivity contribution >= 4 is 13.2 Å². The lowest BCUT2D eigenvalue weighted by atomic mass is 9.87. The fourth-order valence-electron chi connectivity index (χ4n) is 1.81. The van der Waals surface area contributed by atoms with Gasteiger partial charge in [-0.3, -0.25) is 0 Å². The average molecular weight is 280 g/mol. The van der Waals surface area contributed by atoms with Crippen molar-refractivity contribution in [3.05, 3.63) is 29.5 Å². The lowest BCUT2D eigenvalue weighted by molar-refractivity contribution is 0.00578. The highest BCUT2D eigenvalue weighted by Crippen LogP contribution is 2.39. The molecule has 2 N–H and O–H groups in total. The second-order valence-electron chi connectivity index (χ2n) is 5.87. The number of aromatic hydroxyl groups is 2. The first-order valence-electron chi connectivity index (χ1n) is 6.37. The number of benzene rings is 1. The highest BCUT2D eigenvalue weighted by Gasteiger charge is 2.53. The minimum Gasteiger partial charge on any atom is -0.504 e. The molecular weight excluding hydrogens is 262 g/mol. The summed E-state index contributed by atoms with van der Waals surface area (Å²) >= 11 is 0. The maximum Gasteiger partial charge on any atom is 0.525 e. The number of hydrogen-bond donors (Lipinski definition) is 2. The summed E-state index contributed by atoms with van der Waals surface area (Å²) < 4.78 is 25.3. The van der Waals surface area contributed by atoms with E-state index < -0.39 is 24.0 Å². The lowest BCUT2D eigenvalue weighted by Crippen LogP contribution is -2.41. The second kappa shape index (κ2) is 4.79. The fourth-order valence-corrected chi connectivity index (χ4v) is 1.81. The van der Waals surface area contributed by atoms with E-state index in [9.17, 15) is 14.6 Å². The molecule has 0 aliphatic carbocycles. The van der Waals surface area contributed by atoms with Crippen LogP contribution in [-0.2, 0) is 9.31 Å². The highest BCUT2D eigenvalue weighted by atomic mass is 19.1. The van der Waals surface area contributed by atoms with Crippen molar-refractivity contribution < 1.29 is 23.9 Å². The molecule has 0 radical (unpaired) electrons. The molecule has 2 rings (SSSR count). The third-order valence-electron chi connectivity index (χ3n) is 3.78. The molecule has 0 unspecified atom stereocenters. The smallest absolute Gasteiger partial charge is 0.504 e. The van der Waals surface area contributed by atoms with Gasteiger partial charge in [0.1, 0.15) is 5.73 Å². The van der Waals surface area contributed by atoms with E-state index in [0.29, 0.717) is 5.56 Å². The van der Waals surface area contributed by atoms with E-state index in [0.717, 1.165) is 0 Å². The molecule has 1 aliphatic heterocycles. The maximum absolute atomic E-state index is 14.2. The Morgan fingerprint density at radius 2 is 1.65 bits per heavy atom. The van der Waals surface area contributed by atoms with Crippen LogP contribution in [0.2, 0.25) is 0 Å². The van der Waals surface area contributed by atoms with Gasteiger partial charge < -0.3 is 19.5 Å². The Morgan fingerprint density at radius 3 is 2.15 bits per heavy atom. The van der Waals surface area contributed by atoms with Crippen LogP contribution in [0, 0.1) is 0 Å². The van der Waals surface area contributed by atoms with E-state index in [4.69, 9.17) is 9.31 Å². The van der Waals surface area contributed by atoms with Crippen molar-refractivity contribution in [2.45, 2.75) is 38.9 Å². The van der Waals surface area contributed by atoms with Gasteiger partial charge in [0.2, 0.25) is 0 Å². The Labute approximate surface area is 118 Å². The van der Waals surface area contributed by atoms with Gasteiger partial charge in [-0.25, -0.2) is 4.39 Å². The van der Waals surface area contributed by atoms with Crippen molar-refractivity contribution in [1.82, 2.24) is 0 Å². The fraction of sp³-hybridized carbons (Fsp3) is 0.429. The van der Waals surface area contributed by atoms with Crippen LogP contribution in [0.15, 0.2) is 23.9 Å². The van der Waals surface area contributed by atoms with Crippen LogP contribution in [0.3, 0.4) is 0 Å². The van der Waals surface area contributed by atoms with Crippen molar-refractivity contribution in [2.24, 2.45) is 0 Å². The first-order chi connectivity index (χ1) is 9.12. The third-order valence-corrected chi connectivity index (χ3v) is 3.78. The number of rotatable bonds is 2. The molecule has 108 valence electrons. The molecule has 0 atom stereocenters. The molecular formula is C14H18BFO4. The normalized spacial score (nSPS) is 21.2. The molecule has 0 aromatic heterocycles.